The van der Waals surface area contributed by atoms with E-state index >= 15 is 0 Å². The molecule has 22 heavy (non-hydrogen) atoms. The van der Waals surface area contributed by atoms with Crippen LogP contribution in [0.4, 0.5) is 5.69 Å². The van der Waals surface area contributed by atoms with Gasteiger partial charge in [0.15, 0.2) is 0 Å². The molecule has 6 nitrogen and oxygen atoms in total. The maximum atomic E-state index is 5.40. The van der Waals surface area contributed by atoms with Crippen LogP contribution in [0.3, 0.4) is 0 Å². The minimum absolute atomic E-state index is 0.827. The molecule has 0 spiro atoms. The van der Waals surface area contributed by atoms with E-state index in [1.54, 1.807) is 0 Å². The predicted molar refractivity (Wildman–Crippen MR) is 87.3 cm³/mol. The molecule has 2 fully saturated rings. The number of H-pyrrole nitrogens is 1. The summed E-state index contributed by atoms with van der Waals surface area (Å²) in [5.74, 6) is 1.05. The number of fused-ring (bicyclic) bond motifs is 1. The van der Waals surface area contributed by atoms with E-state index in [0.717, 1.165) is 75.9 Å². The summed E-state index contributed by atoms with van der Waals surface area (Å²) in [4.78, 5) is 13.0. The molecule has 2 aliphatic heterocycles. The van der Waals surface area contributed by atoms with Crippen LogP contribution in [0, 0.1) is 0 Å². The molecule has 4 rings (SSSR count). The second kappa shape index (κ2) is 6.24. The Bertz CT molecular complexity index is 628. The molecular formula is C16H23N5O. The Balaban J connectivity index is 1.52. The van der Waals surface area contributed by atoms with Gasteiger partial charge in [-0.05, 0) is 18.2 Å². The Morgan fingerprint density at radius 2 is 1.91 bits per heavy atom. The van der Waals surface area contributed by atoms with Crippen LogP contribution in [-0.4, -0.2) is 67.4 Å². The zero-order valence-corrected chi connectivity index (χ0v) is 12.8. The van der Waals surface area contributed by atoms with Gasteiger partial charge in [0.1, 0.15) is 5.82 Å². The van der Waals surface area contributed by atoms with Crippen molar-refractivity contribution in [1.29, 1.82) is 0 Å². The maximum Gasteiger partial charge on any atom is 0.121 e. The van der Waals surface area contributed by atoms with Gasteiger partial charge in [0.25, 0.3) is 0 Å². The topological polar surface area (TPSA) is 56.4 Å². The van der Waals surface area contributed by atoms with Crippen molar-refractivity contribution >= 4 is 16.7 Å². The minimum Gasteiger partial charge on any atom is -0.379 e. The van der Waals surface area contributed by atoms with E-state index in [0.29, 0.717) is 0 Å². The highest BCUT2D eigenvalue weighted by molar-refractivity contribution is 5.79. The highest BCUT2D eigenvalue weighted by Crippen LogP contribution is 2.21. The molecule has 0 unspecified atom stereocenters. The second-order valence-corrected chi connectivity index (χ2v) is 6.01. The molecule has 6 heteroatoms. The first-order chi connectivity index (χ1) is 10.9. The Hall–Kier alpha value is -1.63. The number of hydrogen-bond donors (Lipinski definition) is 2. The van der Waals surface area contributed by atoms with Gasteiger partial charge in [-0.1, -0.05) is 0 Å². The first kappa shape index (κ1) is 14.0. The molecule has 0 atom stereocenters. The average Bonchev–Trinajstić information content (AvgIpc) is 2.98. The standard InChI is InChI=1S/C16H23N5O/c1-2-14-15(11-13(1)21-5-3-17-4-6-21)19-16(18-14)12-20-7-9-22-10-8-20/h1-2,11,17H,3-10,12H2,(H,18,19). The van der Waals surface area contributed by atoms with E-state index in [-0.39, 0.29) is 0 Å². The first-order valence-corrected chi connectivity index (χ1v) is 8.13. The van der Waals surface area contributed by atoms with Crippen LogP contribution in [0.15, 0.2) is 18.2 Å². The van der Waals surface area contributed by atoms with Crippen molar-refractivity contribution in [3.8, 4) is 0 Å². The van der Waals surface area contributed by atoms with Crippen molar-refractivity contribution < 1.29 is 4.74 Å². The number of anilines is 1. The van der Waals surface area contributed by atoms with Crippen LogP contribution >= 0.6 is 0 Å². The molecule has 2 saturated heterocycles. The van der Waals surface area contributed by atoms with Gasteiger partial charge in [-0.3, -0.25) is 4.90 Å². The predicted octanol–water partition coefficient (Wildman–Crippen LogP) is 0.805. The van der Waals surface area contributed by atoms with Crippen LogP contribution in [0.5, 0.6) is 0 Å². The summed E-state index contributed by atoms with van der Waals surface area (Å²) >= 11 is 0. The lowest BCUT2D eigenvalue weighted by Gasteiger charge is -2.29. The summed E-state index contributed by atoms with van der Waals surface area (Å²) in [6, 6.07) is 6.55. The lowest BCUT2D eigenvalue weighted by atomic mass is 10.2. The third-order valence-electron chi connectivity index (χ3n) is 4.47. The van der Waals surface area contributed by atoms with Gasteiger partial charge < -0.3 is 19.9 Å². The quantitative estimate of drug-likeness (QED) is 0.878. The van der Waals surface area contributed by atoms with Crippen LogP contribution in [0.25, 0.3) is 11.0 Å². The molecule has 118 valence electrons. The molecule has 2 aliphatic rings. The van der Waals surface area contributed by atoms with Crippen molar-refractivity contribution in [3.63, 3.8) is 0 Å². The lowest BCUT2D eigenvalue weighted by molar-refractivity contribution is 0.0332. The molecular weight excluding hydrogens is 278 g/mol. The number of imidazole rings is 1. The van der Waals surface area contributed by atoms with E-state index < -0.39 is 0 Å². The van der Waals surface area contributed by atoms with Crippen LogP contribution < -0.4 is 10.2 Å². The number of benzene rings is 1. The monoisotopic (exact) mass is 301 g/mol. The van der Waals surface area contributed by atoms with E-state index in [4.69, 9.17) is 9.72 Å². The molecule has 2 aromatic rings. The van der Waals surface area contributed by atoms with Crippen molar-refractivity contribution in [2.24, 2.45) is 0 Å². The van der Waals surface area contributed by atoms with Crippen molar-refractivity contribution in [3.05, 3.63) is 24.0 Å². The van der Waals surface area contributed by atoms with E-state index in [1.165, 1.54) is 5.69 Å². The van der Waals surface area contributed by atoms with Gasteiger partial charge >= 0.3 is 0 Å². The van der Waals surface area contributed by atoms with E-state index in [9.17, 15) is 0 Å². The number of morpholine rings is 1. The van der Waals surface area contributed by atoms with Crippen molar-refractivity contribution in [2.75, 3.05) is 57.4 Å². The molecule has 1 aromatic heterocycles. The molecule has 0 radical (unpaired) electrons. The van der Waals surface area contributed by atoms with Crippen LogP contribution in [0.2, 0.25) is 0 Å². The summed E-state index contributed by atoms with van der Waals surface area (Å²) in [6.45, 7) is 8.76. The van der Waals surface area contributed by atoms with Gasteiger partial charge in [0, 0.05) is 45.0 Å². The van der Waals surface area contributed by atoms with Crippen molar-refractivity contribution in [2.45, 2.75) is 6.54 Å². The number of nitrogens with zero attached hydrogens (tertiary/aromatic N) is 3. The summed E-state index contributed by atoms with van der Waals surface area (Å²) in [5.41, 5.74) is 3.48. The number of piperazine rings is 1. The highest BCUT2D eigenvalue weighted by atomic mass is 16.5. The summed E-state index contributed by atoms with van der Waals surface area (Å²) in [6.07, 6.45) is 0. The number of nitrogens with one attached hydrogen (secondary N) is 2. The van der Waals surface area contributed by atoms with Gasteiger partial charge in [0.05, 0.1) is 30.8 Å². The molecule has 1 aromatic carbocycles. The lowest BCUT2D eigenvalue weighted by Crippen LogP contribution is -2.43. The number of rotatable bonds is 3. The number of aromatic amines is 1. The Morgan fingerprint density at radius 3 is 2.73 bits per heavy atom. The number of aromatic nitrogens is 2. The minimum atomic E-state index is 0.827. The smallest absolute Gasteiger partial charge is 0.121 e. The largest absolute Gasteiger partial charge is 0.379 e. The fourth-order valence-corrected chi connectivity index (χ4v) is 3.22. The average molecular weight is 301 g/mol. The van der Waals surface area contributed by atoms with E-state index in [2.05, 4.69) is 38.3 Å². The molecule has 0 bridgehead atoms. The molecule has 3 heterocycles. The van der Waals surface area contributed by atoms with E-state index in [1.807, 2.05) is 0 Å². The second-order valence-electron chi connectivity index (χ2n) is 6.01. The molecule has 0 aliphatic carbocycles. The summed E-state index contributed by atoms with van der Waals surface area (Å²) in [7, 11) is 0. The fraction of sp³-hybridized carbons (Fsp3) is 0.562. The van der Waals surface area contributed by atoms with Crippen LogP contribution in [0.1, 0.15) is 5.82 Å². The zero-order valence-electron chi connectivity index (χ0n) is 12.8. The maximum absolute atomic E-state index is 5.40. The third-order valence-corrected chi connectivity index (χ3v) is 4.47. The Morgan fingerprint density at radius 1 is 1.09 bits per heavy atom. The van der Waals surface area contributed by atoms with Crippen LogP contribution in [-0.2, 0) is 11.3 Å². The van der Waals surface area contributed by atoms with Gasteiger partial charge in [-0.2, -0.15) is 0 Å². The summed E-state index contributed by atoms with van der Waals surface area (Å²) in [5, 5.41) is 3.39. The zero-order chi connectivity index (χ0) is 14.8. The van der Waals surface area contributed by atoms with Gasteiger partial charge in [-0.25, -0.2) is 4.98 Å². The molecule has 0 saturated carbocycles. The number of ether oxygens (including phenoxy) is 1. The van der Waals surface area contributed by atoms with Gasteiger partial charge in [0.2, 0.25) is 0 Å². The summed E-state index contributed by atoms with van der Waals surface area (Å²) < 4.78 is 5.40. The highest BCUT2D eigenvalue weighted by Gasteiger charge is 2.14. The third kappa shape index (κ3) is 2.95. The normalized spacial score (nSPS) is 20.6. The number of hydrogen-bond acceptors (Lipinski definition) is 5. The SMILES string of the molecule is c1cc2nc(CN3CCOCC3)[nH]c2cc1N1CCNCC1. The Labute approximate surface area is 130 Å². The van der Waals surface area contributed by atoms with Gasteiger partial charge in [-0.15, -0.1) is 0 Å². The molecule has 0 amide bonds. The Kier molecular flexibility index (Phi) is 3.97. The molecule has 2 N–H and O–H groups in total. The van der Waals surface area contributed by atoms with Crippen molar-refractivity contribution in [1.82, 2.24) is 20.2 Å². The first-order valence-electron chi connectivity index (χ1n) is 8.13. The fourth-order valence-electron chi connectivity index (χ4n) is 3.22.